The molecule has 26 heavy (non-hydrogen) atoms. The Hall–Kier alpha value is -1.07. The molecule has 0 amide bonds. The molecule has 1 saturated heterocycles. The van der Waals surface area contributed by atoms with Gasteiger partial charge in [-0.05, 0) is 30.0 Å². The molecule has 1 aliphatic rings. The van der Waals surface area contributed by atoms with Crippen molar-refractivity contribution in [2.45, 2.75) is 25.3 Å². The highest BCUT2D eigenvalue weighted by Gasteiger charge is 2.28. The van der Waals surface area contributed by atoms with Crippen molar-refractivity contribution in [1.29, 1.82) is 0 Å². The molecule has 1 fully saturated rings. The SMILES string of the molecule is I.O=S1(=O)CCC(NC(=NCCc2cccs2)NCCc2ccco2)C1. The van der Waals surface area contributed by atoms with Crippen LogP contribution in [0.3, 0.4) is 0 Å². The zero-order valence-corrected chi connectivity index (χ0v) is 18.4. The first-order chi connectivity index (χ1) is 12.1. The number of nitrogens with one attached hydrogen (secondary N) is 2. The molecule has 1 aliphatic heterocycles. The van der Waals surface area contributed by atoms with Crippen molar-refractivity contribution in [1.82, 2.24) is 10.6 Å². The Kier molecular flexibility index (Phi) is 8.42. The quantitative estimate of drug-likeness (QED) is 0.341. The van der Waals surface area contributed by atoms with Crippen LogP contribution in [0.15, 0.2) is 45.3 Å². The lowest BCUT2D eigenvalue weighted by Gasteiger charge is -2.16. The summed E-state index contributed by atoms with van der Waals surface area (Å²) in [5.74, 6) is 2.01. The van der Waals surface area contributed by atoms with E-state index in [4.69, 9.17) is 4.42 Å². The van der Waals surface area contributed by atoms with Gasteiger partial charge in [0.15, 0.2) is 15.8 Å². The monoisotopic (exact) mass is 509 g/mol. The van der Waals surface area contributed by atoms with Gasteiger partial charge in [-0.3, -0.25) is 4.99 Å². The molecule has 2 aromatic heterocycles. The van der Waals surface area contributed by atoms with E-state index in [9.17, 15) is 8.42 Å². The van der Waals surface area contributed by atoms with Crippen molar-refractivity contribution in [3.63, 3.8) is 0 Å². The predicted octanol–water partition coefficient (Wildman–Crippen LogP) is 2.47. The normalized spacial score (nSPS) is 19.1. The topological polar surface area (TPSA) is 83.7 Å². The molecule has 3 heterocycles. The number of aliphatic imine (C=N–C) groups is 1. The van der Waals surface area contributed by atoms with Crippen LogP contribution in [0.1, 0.15) is 17.1 Å². The summed E-state index contributed by atoms with van der Waals surface area (Å²) in [6.45, 7) is 1.34. The Balaban J connectivity index is 0.00000243. The maximum absolute atomic E-state index is 11.7. The molecule has 9 heteroatoms. The van der Waals surface area contributed by atoms with Crippen LogP contribution in [0, 0.1) is 0 Å². The Morgan fingerprint density at radius 1 is 1.31 bits per heavy atom. The number of nitrogens with zero attached hydrogens (tertiary/aromatic N) is 1. The highest BCUT2D eigenvalue weighted by atomic mass is 127. The Morgan fingerprint density at radius 2 is 2.19 bits per heavy atom. The van der Waals surface area contributed by atoms with Crippen LogP contribution in [0.5, 0.6) is 0 Å². The van der Waals surface area contributed by atoms with E-state index in [1.165, 1.54) is 4.88 Å². The van der Waals surface area contributed by atoms with Crippen molar-refractivity contribution >= 4 is 51.1 Å². The zero-order chi connectivity index (χ0) is 17.5. The summed E-state index contributed by atoms with van der Waals surface area (Å²) < 4.78 is 28.6. The highest BCUT2D eigenvalue weighted by Crippen LogP contribution is 2.11. The lowest BCUT2D eigenvalue weighted by Crippen LogP contribution is -2.44. The van der Waals surface area contributed by atoms with E-state index in [0.717, 1.165) is 18.6 Å². The lowest BCUT2D eigenvalue weighted by molar-refractivity contribution is 0.506. The average Bonchev–Trinajstić information content (AvgIpc) is 3.30. The minimum atomic E-state index is -2.91. The summed E-state index contributed by atoms with van der Waals surface area (Å²) in [6, 6.07) is 7.87. The largest absolute Gasteiger partial charge is 0.469 e. The van der Waals surface area contributed by atoms with Crippen LogP contribution in [0.4, 0.5) is 0 Å². The van der Waals surface area contributed by atoms with E-state index >= 15 is 0 Å². The molecule has 3 rings (SSSR count). The predicted molar refractivity (Wildman–Crippen MR) is 116 cm³/mol. The molecule has 0 saturated carbocycles. The average molecular weight is 509 g/mol. The maximum Gasteiger partial charge on any atom is 0.191 e. The number of guanidine groups is 1. The van der Waals surface area contributed by atoms with Crippen LogP contribution in [-0.4, -0.2) is 45.0 Å². The van der Waals surface area contributed by atoms with Crippen LogP contribution >= 0.6 is 35.3 Å². The third-order valence-corrected chi connectivity index (χ3v) is 6.73. The molecule has 0 bridgehead atoms. The molecule has 0 spiro atoms. The van der Waals surface area contributed by atoms with Gasteiger partial charge in [0.2, 0.25) is 0 Å². The number of rotatable bonds is 7. The highest BCUT2D eigenvalue weighted by molar-refractivity contribution is 14.0. The van der Waals surface area contributed by atoms with Crippen molar-refractivity contribution in [3.05, 3.63) is 46.5 Å². The van der Waals surface area contributed by atoms with Gasteiger partial charge in [0.25, 0.3) is 0 Å². The van der Waals surface area contributed by atoms with Crippen molar-refractivity contribution in [2.24, 2.45) is 4.99 Å². The number of hydrogen-bond donors (Lipinski definition) is 2. The van der Waals surface area contributed by atoms with Crippen LogP contribution in [-0.2, 0) is 22.7 Å². The first-order valence-corrected chi connectivity index (χ1v) is 11.1. The fraction of sp³-hybridized carbons (Fsp3) is 0.471. The summed E-state index contributed by atoms with van der Waals surface area (Å²) in [6.07, 6.45) is 3.92. The fourth-order valence-corrected chi connectivity index (χ4v) is 5.12. The molecule has 144 valence electrons. The summed E-state index contributed by atoms with van der Waals surface area (Å²) in [4.78, 5) is 5.90. The van der Waals surface area contributed by atoms with E-state index in [2.05, 4.69) is 27.1 Å². The number of thiophene rings is 1. The van der Waals surface area contributed by atoms with E-state index in [1.54, 1.807) is 17.6 Å². The molecule has 1 unspecified atom stereocenters. The van der Waals surface area contributed by atoms with Gasteiger partial charge in [-0.2, -0.15) is 0 Å². The molecule has 6 nitrogen and oxygen atoms in total. The smallest absolute Gasteiger partial charge is 0.191 e. The molecule has 2 N–H and O–H groups in total. The molecule has 0 radical (unpaired) electrons. The van der Waals surface area contributed by atoms with Gasteiger partial charge in [0, 0.05) is 36.9 Å². The van der Waals surface area contributed by atoms with Crippen molar-refractivity contribution in [2.75, 3.05) is 24.6 Å². The van der Waals surface area contributed by atoms with Crippen LogP contribution < -0.4 is 10.6 Å². The third-order valence-electron chi connectivity index (χ3n) is 4.03. The molecule has 1 atom stereocenters. The van der Waals surface area contributed by atoms with Crippen molar-refractivity contribution < 1.29 is 12.8 Å². The Morgan fingerprint density at radius 3 is 2.85 bits per heavy atom. The Bertz CT molecular complexity index is 774. The second-order valence-corrected chi connectivity index (χ2v) is 9.32. The minimum absolute atomic E-state index is 0. The molecular formula is C17H24IN3O3S2. The second kappa shape index (κ2) is 10.3. The number of halogens is 1. The first-order valence-electron chi connectivity index (χ1n) is 8.41. The maximum atomic E-state index is 11.7. The van der Waals surface area contributed by atoms with Gasteiger partial charge in [-0.15, -0.1) is 35.3 Å². The minimum Gasteiger partial charge on any atom is -0.469 e. The molecule has 0 aliphatic carbocycles. The molecule has 0 aromatic carbocycles. The second-order valence-electron chi connectivity index (χ2n) is 6.06. The summed E-state index contributed by atoms with van der Waals surface area (Å²) in [5.41, 5.74) is 0. The fourth-order valence-electron chi connectivity index (χ4n) is 2.75. The summed E-state index contributed by atoms with van der Waals surface area (Å²) in [5, 5.41) is 8.60. The number of sulfone groups is 1. The Labute approximate surface area is 175 Å². The zero-order valence-electron chi connectivity index (χ0n) is 14.4. The van der Waals surface area contributed by atoms with E-state index in [0.29, 0.717) is 25.5 Å². The van der Waals surface area contributed by atoms with Crippen molar-refractivity contribution in [3.8, 4) is 0 Å². The van der Waals surface area contributed by atoms with E-state index < -0.39 is 9.84 Å². The standard InChI is InChI=1S/C17H23N3O3S2.HI/c21-25(22)12-7-14(13-25)20-17(18-8-5-15-3-1-10-23-15)19-9-6-16-4-2-11-24-16;/h1-4,10-11,14H,5-9,12-13H2,(H2,18,19,20);1H. The number of furan rings is 1. The van der Waals surface area contributed by atoms with E-state index in [-0.39, 0.29) is 41.5 Å². The first kappa shape index (κ1) is 21.2. The van der Waals surface area contributed by atoms with Gasteiger partial charge in [0.1, 0.15) is 5.76 Å². The van der Waals surface area contributed by atoms with Gasteiger partial charge in [-0.25, -0.2) is 8.42 Å². The van der Waals surface area contributed by atoms with Gasteiger partial charge < -0.3 is 15.1 Å². The van der Waals surface area contributed by atoms with Gasteiger partial charge >= 0.3 is 0 Å². The molecular weight excluding hydrogens is 485 g/mol. The molecule has 2 aromatic rings. The van der Waals surface area contributed by atoms with Gasteiger partial charge in [0.05, 0.1) is 17.8 Å². The number of hydrogen-bond acceptors (Lipinski definition) is 5. The summed E-state index contributed by atoms with van der Waals surface area (Å²) >= 11 is 1.72. The van der Waals surface area contributed by atoms with E-state index in [1.807, 2.05) is 18.2 Å². The summed E-state index contributed by atoms with van der Waals surface area (Å²) in [7, 11) is -2.91. The van der Waals surface area contributed by atoms with Crippen LogP contribution in [0.2, 0.25) is 0 Å². The van der Waals surface area contributed by atoms with Gasteiger partial charge in [-0.1, -0.05) is 6.07 Å². The lowest BCUT2D eigenvalue weighted by atomic mass is 10.3. The van der Waals surface area contributed by atoms with Crippen LogP contribution in [0.25, 0.3) is 0 Å². The third kappa shape index (κ3) is 6.92.